The van der Waals surface area contributed by atoms with E-state index in [-0.39, 0.29) is 6.29 Å². The highest BCUT2D eigenvalue weighted by molar-refractivity contribution is 5.67. The summed E-state index contributed by atoms with van der Waals surface area (Å²) in [5, 5.41) is 2.59. The number of ether oxygens (including phenoxy) is 3. The Kier molecular flexibility index (Phi) is 7.42. The molecule has 1 fully saturated rings. The number of rotatable bonds is 6. The highest BCUT2D eigenvalue weighted by atomic mass is 16.7. The largest absolute Gasteiger partial charge is 0.450 e. The second-order valence-corrected chi connectivity index (χ2v) is 3.70. The third kappa shape index (κ3) is 6.97. The van der Waals surface area contributed by atoms with Crippen LogP contribution in [0.3, 0.4) is 0 Å². The zero-order chi connectivity index (χ0) is 12.3. The van der Waals surface area contributed by atoms with Crippen LogP contribution in [-0.4, -0.2) is 38.7 Å². The van der Waals surface area contributed by atoms with Gasteiger partial charge in [0.15, 0.2) is 6.29 Å². The molecule has 0 spiro atoms. The standard InChI is InChI=1S/C12H21NO4/c1-2-15-12(14)13-8-4-6-10-17-11-7-3-5-9-16-11/h4,6,11H,2-3,5,7-10H2,1H3,(H,13,14)/b6-4+/t11-/m0/s1. The van der Waals surface area contributed by atoms with Crippen molar-refractivity contribution >= 4 is 6.09 Å². The van der Waals surface area contributed by atoms with Crippen LogP contribution in [-0.2, 0) is 14.2 Å². The molecule has 5 nitrogen and oxygen atoms in total. The van der Waals surface area contributed by atoms with Crippen molar-refractivity contribution in [2.75, 3.05) is 26.4 Å². The van der Waals surface area contributed by atoms with E-state index in [4.69, 9.17) is 14.2 Å². The first-order valence-electron chi connectivity index (χ1n) is 6.11. The fourth-order valence-electron chi connectivity index (χ4n) is 1.48. The average molecular weight is 243 g/mol. The van der Waals surface area contributed by atoms with Gasteiger partial charge >= 0.3 is 6.09 Å². The first-order chi connectivity index (χ1) is 8.33. The van der Waals surface area contributed by atoms with Gasteiger partial charge in [-0.2, -0.15) is 0 Å². The van der Waals surface area contributed by atoms with Gasteiger partial charge in [-0.3, -0.25) is 0 Å². The molecule has 1 N–H and O–H groups in total. The molecular weight excluding hydrogens is 222 g/mol. The smallest absolute Gasteiger partial charge is 0.407 e. The molecule has 98 valence electrons. The van der Waals surface area contributed by atoms with Gasteiger partial charge in [-0.1, -0.05) is 12.2 Å². The van der Waals surface area contributed by atoms with E-state index in [1.807, 2.05) is 12.2 Å². The summed E-state index contributed by atoms with van der Waals surface area (Å²) < 4.78 is 15.6. The van der Waals surface area contributed by atoms with E-state index in [0.717, 1.165) is 19.4 Å². The summed E-state index contributed by atoms with van der Waals surface area (Å²) in [6, 6.07) is 0. The van der Waals surface area contributed by atoms with E-state index < -0.39 is 6.09 Å². The van der Waals surface area contributed by atoms with Crippen molar-refractivity contribution in [2.45, 2.75) is 32.5 Å². The number of hydrogen-bond donors (Lipinski definition) is 1. The molecule has 1 atom stereocenters. The summed E-state index contributed by atoms with van der Waals surface area (Å²) in [5.41, 5.74) is 0. The number of amides is 1. The normalized spacial score (nSPS) is 20.4. The molecule has 0 aromatic heterocycles. The second kappa shape index (κ2) is 9.01. The maximum Gasteiger partial charge on any atom is 0.407 e. The summed E-state index contributed by atoms with van der Waals surface area (Å²) in [7, 11) is 0. The van der Waals surface area contributed by atoms with Crippen molar-refractivity contribution in [3.8, 4) is 0 Å². The van der Waals surface area contributed by atoms with Gasteiger partial charge in [0.2, 0.25) is 0 Å². The lowest BCUT2D eigenvalue weighted by Gasteiger charge is -2.21. The van der Waals surface area contributed by atoms with E-state index in [2.05, 4.69) is 5.32 Å². The molecule has 0 unspecified atom stereocenters. The summed E-state index contributed by atoms with van der Waals surface area (Å²) in [6.07, 6.45) is 6.50. The Hall–Kier alpha value is -1.07. The number of carbonyl (C=O) groups is 1. The summed E-state index contributed by atoms with van der Waals surface area (Å²) in [4.78, 5) is 10.9. The number of hydrogen-bond acceptors (Lipinski definition) is 4. The molecule has 1 aliphatic heterocycles. The monoisotopic (exact) mass is 243 g/mol. The zero-order valence-corrected chi connectivity index (χ0v) is 10.3. The van der Waals surface area contributed by atoms with Crippen LogP contribution in [0.2, 0.25) is 0 Å². The van der Waals surface area contributed by atoms with Crippen LogP contribution in [0.25, 0.3) is 0 Å². The highest BCUT2D eigenvalue weighted by Crippen LogP contribution is 2.13. The Morgan fingerprint density at radius 1 is 1.47 bits per heavy atom. The van der Waals surface area contributed by atoms with Crippen LogP contribution in [0, 0.1) is 0 Å². The van der Waals surface area contributed by atoms with Crippen LogP contribution in [0.5, 0.6) is 0 Å². The molecule has 1 heterocycles. The molecule has 1 saturated heterocycles. The molecule has 0 aliphatic carbocycles. The molecule has 1 rings (SSSR count). The number of alkyl carbamates (subject to hydrolysis) is 1. The van der Waals surface area contributed by atoms with E-state index in [9.17, 15) is 4.79 Å². The van der Waals surface area contributed by atoms with Gasteiger partial charge in [-0.25, -0.2) is 4.79 Å². The minimum Gasteiger partial charge on any atom is -0.450 e. The summed E-state index contributed by atoms with van der Waals surface area (Å²) >= 11 is 0. The number of nitrogens with one attached hydrogen (secondary N) is 1. The third-order valence-corrected chi connectivity index (χ3v) is 2.32. The van der Waals surface area contributed by atoms with Crippen molar-refractivity contribution in [1.82, 2.24) is 5.32 Å². The quantitative estimate of drug-likeness (QED) is 0.723. The van der Waals surface area contributed by atoms with E-state index in [1.54, 1.807) is 6.92 Å². The Morgan fingerprint density at radius 3 is 3.06 bits per heavy atom. The molecular formula is C12H21NO4. The lowest BCUT2D eigenvalue weighted by molar-refractivity contribution is -0.155. The van der Waals surface area contributed by atoms with Gasteiger partial charge in [0.05, 0.1) is 13.2 Å². The molecule has 17 heavy (non-hydrogen) atoms. The molecule has 0 aromatic carbocycles. The minimum atomic E-state index is -0.395. The molecule has 5 heteroatoms. The van der Waals surface area contributed by atoms with Gasteiger partial charge in [-0.15, -0.1) is 0 Å². The van der Waals surface area contributed by atoms with Gasteiger partial charge in [0.1, 0.15) is 0 Å². The van der Waals surface area contributed by atoms with Gasteiger partial charge in [0.25, 0.3) is 0 Å². The average Bonchev–Trinajstić information content (AvgIpc) is 2.35. The second-order valence-electron chi connectivity index (χ2n) is 3.70. The predicted octanol–water partition coefficient (Wildman–Crippen LogP) is 1.83. The lowest BCUT2D eigenvalue weighted by atomic mass is 10.2. The summed E-state index contributed by atoms with van der Waals surface area (Å²) in [5.74, 6) is 0. The fraction of sp³-hybridized carbons (Fsp3) is 0.750. The Balaban J connectivity index is 1.96. The van der Waals surface area contributed by atoms with Gasteiger partial charge < -0.3 is 19.5 Å². The van der Waals surface area contributed by atoms with Crippen molar-refractivity contribution in [3.63, 3.8) is 0 Å². The van der Waals surface area contributed by atoms with Crippen LogP contribution in [0.1, 0.15) is 26.2 Å². The van der Waals surface area contributed by atoms with E-state index >= 15 is 0 Å². The fourth-order valence-corrected chi connectivity index (χ4v) is 1.48. The molecule has 0 saturated carbocycles. The van der Waals surface area contributed by atoms with Crippen molar-refractivity contribution < 1.29 is 19.0 Å². The summed E-state index contributed by atoms with van der Waals surface area (Å²) in [6.45, 7) is 3.91. The Labute approximate surface area is 102 Å². The SMILES string of the molecule is CCOC(=O)NC/C=C/CO[C@H]1CCCCO1. The first kappa shape index (κ1) is 14.0. The zero-order valence-electron chi connectivity index (χ0n) is 10.3. The van der Waals surface area contributed by atoms with Crippen molar-refractivity contribution in [1.29, 1.82) is 0 Å². The first-order valence-corrected chi connectivity index (χ1v) is 6.11. The molecule has 1 amide bonds. The molecule has 0 aromatic rings. The van der Waals surface area contributed by atoms with Crippen LogP contribution in [0.15, 0.2) is 12.2 Å². The van der Waals surface area contributed by atoms with Crippen LogP contribution in [0.4, 0.5) is 4.79 Å². The molecule has 0 radical (unpaired) electrons. The maximum absolute atomic E-state index is 10.9. The van der Waals surface area contributed by atoms with E-state index in [1.165, 1.54) is 6.42 Å². The molecule has 1 aliphatic rings. The van der Waals surface area contributed by atoms with Crippen molar-refractivity contribution in [3.05, 3.63) is 12.2 Å². The van der Waals surface area contributed by atoms with Gasteiger partial charge in [-0.05, 0) is 26.2 Å². The minimum absolute atomic E-state index is 0.0635. The topological polar surface area (TPSA) is 56.8 Å². The van der Waals surface area contributed by atoms with Crippen LogP contribution >= 0.6 is 0 Å². The predicted molar refractivity (Wildman–Crippen MR) is 63.7 cm³/mol. The Bertz CT molecular complexity index is 237. The maximum atomic E-state index is 10.9. The van der Waals surface area contributed by atoms with Gasteiger partial charge in [0, 0.05) is 13.2 Å². The van der Waals surface area contributed by atoms with E-state index in [0.29, 0.717) is 19.8 Å². The highest BCUT2D eigenvalue weighted by Gasteiger charge is 2.12. The Morgan fingerprint density at radius 2 is 2.35 bits per heavy atom. The number of carbonyl (C=O) groups excluding carboxylic acids is 1. The lowest BCUT2D eigenvalue weighted by Crippen LogP contribution is -2.24. The molecule has 0 bridgehead atoms. The van der Waals surface area contributed by atoms with Crippen LogP contribution < -0.4 is 5.32 Å². The van der Waals surface area contributed by atoms with Crippen molar-refractivity contribution in [2.24, 2.45) is 0 Å². The third-order valence-electron chi connectivity index (χ3n) is 2.32.